The van der Waals surface area contributed by atoms with Crippen molar-refractivity contribution in [2.75, 3.05) is 11.1 Å². The van der Waals surface area contributed by atoms with Gasteiger partial charge >= 0.3 is 0 Å². The number of nitrogen functional groups attached to an aromatic ring is 1. The second-order valence-corrected chi connectivity index (χ2v) is 4.07. The highest BCUT2D eigenvalue weighted by Gasteiger charge is 2.06. The molecule has 0 aliphatic carbocycles. The first-order valence-corrected chi connectivity index (χ1v) is 5.47. The fourth-order valence-corrected chi connectivity index (χ4v) is 1.68. The molecule has 3 heteroatoms. The first kappa shape index (κ1) is 11.5. The van der Waals surface area contributed by atoms with E-state index in [0.717, 1.165) is 16.9 Å². The van der Waals surface area contributed by atoms with Crippen LogP contribution in [0.5, 0.6) is 0 Å². The van der Waals surface area contributed by atoms with Crippen LogP contribution in [0.1, 0.15) is 11.1 Å². The molecular weight excluding hydrogens is 215 g/mol. The van der Waals surface area contributed by atoms with Crippen LogP contribution in [0.3, 0.4) is 0 Å². The van der Waals surface area contributed by atoms with Crippen molar-refractivity contribution in [3.8, 4) is 0 Å². The van der Waals surface area contributed by atoms with Gasteiger partial charge in [-0.05, 0) is 37.6 Å². The van der Waals surface area contributed by atoms with Gasteiger partial charge in [0.1, 0.15) is 5.82 Å². The molecule has 17 heavy (non-hydrogen) atoms. The molecule has 0 aliphatic heterocycles. The molecule has 0 unspecified atom stereocenters. The molecule has 0 saturated heterocycles. The van der Waals surface area contributed by atoms with Gasteiger partial charge in [-0.3, -0.25) is 0 Å². The quantitative estimate of drug-likeness (QED) is 0.771. The molecule has 0 spiro atoms. The van der Waals surface area contributed by atoms with E-state index in [9.17, 15) is 4.39 Å². The molecule has 2 nitrogen and oxygen atoms in total. The summed E-state index contributed by atoms with van der Waals surface area (Å²) in [5.74, 6) is -0.221. The zero-order valence-corrected chi connectivity index (χ0v) is 9.92. The molecule has 88 valence electrons. The van der Waals surface area contributed by atoms with Crippen molar-refractivity contribution < 1.29 is 4.39 Å². The number of anilines is 3. The van der Waals surface area contributed by atoms with Crippen molar-refractivity contribution in [1.29, 1.82) is 0 Å². The average molecular weight is 230 g/mol. The third kappa shape index (κ3) is 2.23. The van der Waals surface area contributed by atoms with Crippen LogP contribution in [-0.2, 0) is 0 Å². The SMILES string of the molecule is Cc1cccc(Nc2cccc(F)c2C)c1N. The van der Waals surface area contributed by atoms with Gasteiger partial charge in [-0.25, -0.2) is 4.39 Å². The van der Waals surface area contributed by atoms with E-state index < -0.39 is 0 Å². The summed E-state index contributed by atoms with van der Waals surface area (Å²) in [6.45, 7) is 3.68. The second kappa shape index (κ2) is 4.45. The van der Waals surface area contributed by atoms with E-state index in [0.29, 0.717) is 11.3 Å². The lowest BCUT2D eigenvalue weighted by molar-refractivity contribution is 0.619. The number of nitrogens with one attached hydrogen (secondary N) is 1. The smallest absolute Gasteiger partial charge is 0.128 e. The Morgan fingerprint density at radius 1 is 1.00 bits per heavy atom. The summed E-state index contributed by atoms with van der Waals surface area (Å²) in [6, 6.07) is 10.7. The van der Waals surface area contributed by atoms with Gasteiger partial charge in [-0.2, -0.15) is 0 Å². The molecule has 0 radical (unpaired) electrons. The summed E-state index contributed by atoms with van der Waals surface area (Å²) >= 11 is 0. The highest BCUT2D eigenvalue weighted by atomic mass is 19.1. The molecule has 2 rings (SSSR count). The topological polar surface area (TPSA) is 38.0 Å². The maximum absolute atomic E-state index is 13.4. The molecule has 2 aromatic rings. The molecule has 0 atom stereocenters. The van der Waals surface area contributed by atoms with Gasteiger partial charge < -0.3 is 11.1 Å². The zero-order chi connectivity index (χ0) is 12.4. The molecule has 2 aromatic carbocycles. The van der Waals surface area contributed by atoms with Crippen LogP contribution >= 0.6 is 0 Å². The molecule has 0 heterocycles. The largest absolute Gasteiger partial charge is 0.397 e. The lowest BCUT2D eigenvalue weighted by Crippen LogP contribution is -2.00. The van der Waals surface area contributed by atoms with Crippen LogP contribution in [0.2, 0.25) is 0 Å². The Hall–Kier alpha value is -2.03. The summed E-state index contributed by atoms with van der Waals surface area (Å²) in [4.78, 5) is 0. The van der Waals surface area contributed by atoms with Gasteiger partial charge in [-0.15, -0.1) is 0 Å². The number of para-hydroxylation sites is 1. The molecule has 3 N–H and O–H groups in total. The van der Waals surface area contributed by atoms with Crippen LogP contribution in [-0.4, -0.2) is 0 Å². The van der Waals surface area contributed by atoms with E-state index in [4.69, 9.17) is 5.73 Å². The van der Waals surface area contributed by atoms with E-state index in [1.807, 2.05) is 31.2 Å². The standard InChI is InChI=1S/C14H15FN2/c1-9-5-3-8-13(14(9)16)17-12-7-4-6-11(15)10(12)2/h3-8,17H,16H2,1-2H3. The average Bonchev–Trinajstić information content (AvgIpc) is 2.31. The van der Waals surface area contributed by atoms with E-state index >= 15 is 0 Å². The van der Waals surface area contributed by atoms with Crippen molar-refractivity contribution in [1.82, 2.24) is 0 Å². The highest BCUT2D eigenvalue weighted by Crippen LogP contribution is 2.28. The third-order valence-electron chi connectivity index (χ3n) is 2.86. The number of hydrogen-bond donors (Lipinski definition) is 2. The minimum Gasteiger partial charge on any atom is -0.397 e. The maximum Gasteiger partial charge on any atom is 0.128 e. The summed E-state index contributed by atoms with van der Waals surface area (Å²) in [6.07, 6.45) is 0. The lowest BCUT2D eigenvalue weighted by atomic mass is 10.1. The first-order valence-electron chi connectivity index (χ1n) is 5.47. The molecule has 0 aromatic heterocycles. The van der Waals surface area contributed by atoms with Crippen LogP contribution in [0.15, 0.2) is 36.4 Å². The van der Waals surface area contributed by atoms with Gasteiger partial charge in [0.25, 0.3) is 0 Å². The van der Waals surface area contributed by atoms with Gasteiger partial charge in [0, 0.05) is 11.3 Å². The van der Waals surface area contributed by atoms with Crippen molar-refractivity contribution in [3.63, 3.8) is 0 Å². The minimum absolute atomic E-state index is 0.221. The maximum atomic E-state index is 13.4. The van der Waals surface area contributed by atoms with Crippen molar-refractivity contribution in [2.24, 2.45) is 0 Å². The minimum atomic E-state index is -0.221. The summed E-state index contributed by atoms with van der Waals surface area (Å²) in [5.41, 5.74) is 9.79. The van der Waals surface area contributed by atoms with Gasteiger partial charge in [0.15, 0.2) is 0 Å². The van der Waals surface area contributed by atoms with Crippen LogP contribution in [0, 0.1) is 19.7 Å². The van der Waals surface area contributed by atoms with Gasteiger partial charge in [-0.1, -0.05) is 18.2 Å². The Balaban J connectivity index is 2.38. The van der Waals surface area contributed by atoms with Gasteiger partial charge in [0.2, 0.25) is 0 Å². The Morgan fingerprint density at radius 3 is 2.41 bits per heavy atom. The van der Waals surface area contributed by atoms with E-state index in [-0.39, 0.29) is 5.82 Å². The predicted molar refractivity (Wildman–Crippen MR) is 70.0 cm³/mol. The fraction of sp³-hybridized carbons (Fsp3) is 0.143. The Kier molecular flexibility index (Phi) is 3.00. The van der Waals surface area contributed by atoms with E-state index in [1.54, 1.807) is 13.0 Å². The Bertz CT molecular complexity index is 500. The number of benzene rings is 2. The van der Waals surface area contributed by atoms with Crippen molar-refractivity contribution in [2.45, 2.75) is 13.8 Å². The first-order chi connectivity index (χ1) is 8.09. The fourth-order valence-electron chi connectivity index (χ4n) is 1.68. The van der Waals surface area contributed by atoms with Gasteiger partial charge in [0.05, 0.1) is 11.4 Å². The Morgan fingerprint density at radius 2 is 1.65 bits per heavy atom. The number of rotatable bonds is 2. The third-order valence-corrected chi connectivity index (χ3v) is 2.86. The zero-order valence-electron chi connectivity index (χ0n) is 9.92. The normalized spacial score (nSPS) is 10.3. The molecule has 0 saturated carbocycles. The molecular formula is C14H15FN2. The molecule has 0 bridgehead atoms. The summed E-state index contributed by atoms with van der Waals surface area (Å²) < 4.78 is 13.4. The van der Waals surface area contributed by atoms with Crippen LogP contribution < -0.4 is 11.1 Å². The number of hydrogen-bond acceptors (Lipinski definition) is 2. The van der Waals surface area contributed by atoms with E-state index in [2.05, 4.69) is 5.32 Å². The predicted octanol–water partition coefficient (Wildman–Crippen LogP) is 3.77. The van der Waals surface area contributed by atoms with Crippen LogP contribution in [0.4, 0.5) is 21.5 Å². The number of nitrogens with two attached hydrogens (primary N) is 1. The van der Waals surface area contributed by atoms with Crippen molar-refractivity contribution in [3.05, 3.63) is 53.3 Å². The van der Waals surface area contributed by atoms with Crippen molar-refractivity contribution >= 4 is 17.1 Å². The molecule has 0 fully saturated rings. The van der Waals surface area contributed by atoms with E-state index in [1.165, 1.54) is 6.07 Å². The number of aryl methyl sites for hydroxylation is 1. The Labute approximate surface area is 100 Å². The number of halogens is 1. The molecule has 0 amide bonds. The monoisotopic (exact) mass is 230 g/mol. The molecule has 0 aliphatic rings. The second-order valence-electron chi connectivity index (χ2n) is 4.07. The van der Waals surface area contributed by atoms with Crippen LogP contribution in [0.25, 0.3) is 0 Å². The lowest BCUT2D eigenvalue weighted by Gasteiger charge is -2.13. The summed E-state index contributed by atoms with van der Waals surface area (Å²) in [7, 11) is 0. The summed E-state index contributed by atoms with van der Waals surface area (Å²) in [5, 5.41) is 3.16. The highest BCUT2D eigenvalue weighted by molar-refractivity contribution is 5.76.